The molecule has 6 heteroatoms. The molecule has 2 aliphatic rings. The Balaban J connectivity index is 1.65. The molecule has 5 nitrogen and oxygen atoms in total. The van der Waals surface area contributed by atoms with E-state index in [0.717, 1.165) is 5.56 Å². The SMILES string of the molecule is N#CC1(CCF)CN(C(=O)[C@H]2CC(=O)N[C@@H](c3ccccc3)C2)C1. The number of likely N-dealkylation sites (tertiary alicyclic amines) is 1. The van der Waals surface area contributed by atoms with Gasteiger partial charge in [0.15, 0.2) is 0 Å². The van der Waals surface area contributed by atoms with Crippen LogP contribution < -0.4 is 5.32 Å². The Hall–Kier alpha value is -2.42. The van der Waals surface area contributed by atoms with E-state index in [-0.39, 0.29) is 49.7 Å². The van der Waals surface area contributed by atoms with Gasteiger partial charge in [-0.15, -0.1) is 0 Å². The summed E-state index contributed by atoms with van der Waals surface area (Å²) >= 11 is 0. The number of hydrogen-bond acceptors (Lipinski definition) is 3. The summed E-state index contributed by atoms with van der Waals surface area (Å²) in [5.74, 6) is -0.620. The van der Waals surface area contributed by atoms with E-state index >= 15 is 0 Å². The molecule has 0 radical (unpaired) electrons. The van der Waals surface area contributed by atoms with Crippen molar-refractivity contribution in [2.45, 2.75) is 25.3 Å². The normalized spacial score (nSPS) is 25.3. The number of nitrogens with zero attached hydrogens (tertiary/aromatic N) is 2. The summed E-state index contributed by atoms with van der Waals surface area (Å²) in [6.45, 7) is -0.0295. The summed E-state index contributed by atoms with van der Waals surface area (Å²) in [5, 5.41) is 12.1. The van der Waals surface area contributed by atoms with Crippen molar-refractivity contribution >= 4 is 11.8 Å². The molecule has 2 atom stereocenters. The van der Waals surface area contributed by atoms with Gasteiger partial charge in [0.25, 0.3) is 0 Å². The third-order valence-corrected chi connectivity index (χ3v) is 4.95. The molecule has 0 unspecified atom stereocenters. The van der Waals surface area contributed by atoms with Crippen LogP contribution in [0.2, 0.25) is 0 Å². The minimum absolute atomic E-state index is 0.101. The maximum absolute atomic E-state index is 12.7. The maximum atomic E-state index is 12.7. The Morgan fingerprint density at radius 3 is 2.71 bits per heavy atom. The summed E-state index contributed by atoms with van der Waals surface area (Å²) in [5.41, 5.74) is 0.232. The second kappa shape index (κ2) is 6.60. The third kappa shape index (κ3) is 3.12. The average Bonchev–Trinajstić information content (AvgIpc) is 2.57. The zero-order valence-electron chi connectivity index (χ0n) is 13.4. The van der Waals surface area contributed by atoms with Crippen molar-refractivity contribution in [1.82, 2.24) is 10.2 Å². The van der Waals surface area contributed by atoms with Crippen molar-refractivity contribution in [3.63, 3.8) is 0 Å². The van der Waals surface area contributed by atoms with Crippen molar-refractivity contribution in [2.24, 2.45) is 11.3 Å². The second-order valence-corrected chi connectivity index (χ2v) is 6.69. The number of nitrogens with one attached hydrogen (secondary N) is 1. The Morgan fingerprint density at radius 1 is 1.38 bits per heavy atom. The number of nitriles is 1. The van der Waals surface area contributed by atoms with E-state index < -0.39 is 12.1 Å². The highest BCUT2D eigenvalue weighted by Gasteiger charge is 2.47. The van der Waals surface area contributed by atoms with E-state index in [1.165, 1.54) is 0 Å². The fraction of sp³-hybridized carbons (Fsp3) is 0.500. The first-order valence-electron chi connectivity index (χ1n) is 8.17. The van der Waals surface area contributed by atoms with Crippen molar-refractivity contribution in [3.05, 3.63) is 35.9 Å². The number of hydrogen-bond donors (Lipinski definition) is 1. The monoisotopic (exact) mass is 329 g/mol. The van der Waals surface area contributed by atoms with Crippen molar-refractivity contribution in [1.29, 1.82) is 5.26 Å². The summed E-state index contributed by atoms with van der Waals surface area (Å²) in [4.78, 5) is 26.2. The molecule has 1 aromatic carbocycles. The summed E-state index contributed by atoms with van der Waals surface area (Å²) < 4.78 is 12.6. The van der Waals surface area contributed by atoms with Crippen LogP contribution in [0.5, 0.6) is 0 Å². The van der Waals surface area contributed by atoms with E-state index in [4.69, 9.17) is 0 Å². The highest BCUT2D eigenvalue weighted by atomic mass is 19.1. The van der Waals surface area contributed by atoms with Crippen LogP contribution in [-0.4, -0.2) is 36.5 Å². The van der Waals surface area contributed by atoms with Crippen LogP contribution in [0.4, 0.5) is 4.39 Å². The number of amides is 2. The molecule has 3 rings (SSSR count). The molecule has 0 bridgehead atoms. The van der Waals surface area contributed by atoms with Crippen LogP contribution >= 0.6 is 0 Å². The van der Waals surface area contributed by atoms with Gasteiger partial charge in [0, 0.05) is 25.4 Å². The first-order chi connectivity index (χ1) is 11.6. The predicted molar refractivity (Wildman–Crippen MR) is 85.3 cm³/mol. The standard InChI is InChI=1S/C18H20FN3O2/c19-7-6-18(10-20)11-22(12-18)17(24)14-8-15(21-16(23)9-14)13-4-2-1-3-5-13/h1-5,14-15H,6-9,11-12H2,(H,21,23)/t14-,15-/m1/s1. The van der Waals surface area contributed by atoms with Gasteiger partial charge in [-0.25, -0.2) is 0 Å². The summed E-state index contributed by atoms with van der Waals surface area (Å²) in [6.07, 6.45) is 0.875. The molecule has 0 saturated carbocycles. The van der Waals surface area contributed by atoms with E-state index in [2.05, 4.69) is 11.4 Å². The maximum Gasteiger partial charge on any atom is 0.226 e. The van der Waals surface area contributed by atoms with Gasteiger partial charge < -0.3 is 10.2 Å². The number of benzene rings is 1. The van der Waals surface area contributed by atoms with Crippen LogP contribution in [-0.2, 0) is 9.59 Å². The van der Waals surface area contributed by atoms with Crippen molar-refractivity contribution < 1.29 is 14.0 Å². The van der Waals surface area contributed by atoms with E-state index in [9.17, 15) is 19.2 Å². The summed E-state index contributed by atoms with van der Waals surface area (Å²) in [6, 6.07) is 11.5. The third-order valence-electron chi connectivity index (χ3n) is 4.95. The lowest BCUT2D eigenvalue weighted by molar-refractivity contribution is -0.149. The molecule has 1 N–H and O–H groups in total. The van der Waals surface area contributed by atoms with Gasteiger partial charge in [0.1, 0.15) is 0 Å². The largest absolute Gasteiger partial charge is 0.349 e. The molecule has 2 aliphatic heterocycles. The molecule has 0 aromatic heterocycles. The van der Waals surface area contributed by atoms with Gasteiger partial charge in [0.05, 0.1) is 24.2 Å². The molecular formula is C18H20FN3O2. The Morgan fingerprint density at radius 2 is 2.08 bits per heavy atom. The molecule has 0 aliphatic carbocycles. The minimum Gasteiger partial charge on any atom is -0.349 e. The summed E-state index contributed by atoms with van der Waals surface area (Å²) in [7, 11) is 0. The van der Waals surface area contributed by atoms with Crippen LogP contribution in [0, 0.1) is 22.7 Å². The lowest BCUT2D eigenvalue weighted by Crippen LogP contribution is -2.60. The number of alkyl halides is 1. The molecular weight excluding hydrogens is 309 g/mol. The quantitative estimate of drug-likeness (QED) is 0.918. The zero-order valence-corrected chi connectivity index (χ0v) is 13.4. The van der Waals surface area contributed by atoms with Gasteiger partial charge >= 0.3 is 0 Å². The number of carbonyl (C=O) groups excluding carboxylic acids is 2. The van der Waals surface area contributed by atoms with Crippen LogP contribution in [0.1, 0.15) is 30.9 Å². The van der Waals surface area contributed by atoms with E-state index in [0.29, 0.717) is 6.42 Å². The predicted octanol–water partition coefficient (Wildman–Crippen LogP) is 1.97. The Labute approximate surface area is 140 Å². The molecule has 2 amide bonds. The van der Waals surface area contributed by atoms with Gasteiger partial charge in [-0.2, -0.15) is 5.26 Å². The fourth-order valence-electron chi connectivity index (χ4n) is 3.56. The number of rotatable bonds is 4. The smallest absolute Gasteiger partial charge is 0.226 e. The van der Waals surface area contributed by atoms with Gasteiger partial charge in [-0.05, 0) is 18.4 Å². The van der Waals surface area contributed by atoms with Crippen LogP contribution in [0.3, 0.4) is 0 Å². The van der Waals surface area contributed by atoms with Crippen LogP contribution in [0.15, 0.2) is 30.3 Å². The number of piperidine rings is 1. The van der Waals surface area contributed by atoms with Crippen LogP contribution in [0.25, 0.3) is 0 Å². The average molecular weight is 329 g/mol. The van der Waals surface area contributed by atoms with Crippen molar-refractivity contribution in [2.75, 3.05) is 19.8 Å². The number of halogens is 1. The first kappa shape index (κ1) is 16.4. The molecule has 2 heterocycles. The lowest BCUT2D eigenvalue weighted by Gasteiger charge is -2.47. The lowest BCUT2D eigenvalue weighted by atomic mass is 9.77. The second-order valence-electron chi connectivity index (χ2n) is 6.69. The zero-order chi connectivity index (χ0) is 17.2. The highest BCUT2D eigenvalue weighted by Crippen LogP contribution is 2.37. The molecule has 24 heavy (non-hydrogen) atoms. The van der Waals surface area contributed by atoms with Gasteiger partial charge in [0.2, 0.25) is 11.8 Å². The Kier molecular flexibility index (Phi) is 4.52. The highest BCUT2D eigenvalue weighted by molar-refractivity contribution is 5.88. The first-order valence-corrected chi connectivity index (χ1v) is 8.17. The molecule has 0 spiro atoms. The van der Waals surface area contributed by atoms with Gasteiger partial charge in [-0.3, -0.25) is 14.0 Å². The van der Waals surface area contributed by atoms with Crippen molar-refractivity contribution in [3.8, 4) is 6.07 Å². The topological polar surface area (TPSA) is 73.2 Å². The number of carbonyl (C=O) groups is 2. The Bertz CT molecular complexity index is 665. The molecule has 126 valence electrons. The molecule has 1 aromatic rings. The minimum atomic E-state index is -0.750. The van der Waals surface area contributed by atoms with E-state index in [1.807, 2.05) is 30.3 Å². The van der Waals surface area contributed by atoms with Gasteiger partial charge in [-0.1, -0.05) is 30.3 Å². The molecule has 2 fully saturated rings. The fourth-order valence-corrected chi connectivity index (χ4v) is 3.56. The van der Waals surface area contributed by atoms with E-state index in [1.54, 1.807) is 4.90 Å². The molecule has 2 saturated heterocycles.